The number of carbonyl (C=O) groups excluding carboxylic acids is 1. The molecule has 3 rings (SSSR count). The summed E-state index contributed by atoms with van der Waals surface area (Å²) in [4.78, 5) is 12.2. The predicted octanol–water partition coefficient (Wildman–Crippen LogP) is 3.86. The summed E-state index contributed by atoms with van der Waals surface area (Å²) in [5.41, 5.74) is 0.956. The van der Waals surface area contributed by atoms with Gasteiger partial charge >= 0.3 is 0 Å². The summed E-state index contributed by atoms with van der Waals surface area (Å²) in [6.07, 6.45) is 8.18. The van der Waals surface area contributed by atoms with E-state index >= 15 is 0 Å². The maximum Gasteiger partial charge on any atom is 0.225 e. The number of carbonyl (C=O) groups is 1. The fraction of sp³-hybridized carbons (Fsp3) is 0.500. The standard InChI is InChI=1S/C16H21N3O/c20-15(11-12-7-3-1-2-4-8-12)17-16-13-9-5-6-10-14(13)18-19-16/h5-6,9-10,12H,1-4,7-8,11H2,(H2,17,18,19,20). The molecular weight excluding hydrogens is 250 g/mol. The number of nitrogens with zero attached hydrogens (tertiary/aromatic N) is 1. The zero-order valence-electron chi connectivity index (χ0n) is 11.7. The Morgan fingerprint density at radius 3 is 2.75 bits per heavy atom. The van der Waals surface area contributed by atoms with Crippen LogP contribution in [-0.4, -0.2) is 16.1 Å². The minimum absolute atomic E-state index is 0.0918. The Balaban J connectivity index is 1.63. The van der Waals surface area contributed by atoms with Gasteiger partial charge in [-0.2, -0.15) is 5.10 Å². The summed E-state index contributed by atoms with van der Waals surface area (Å²) in [6, 6.07) is 7.85. The van der Waals surface area contributed by atoms with E-state index in [0.717, 1.165) is 10.9 Å². The Kier molecular flexibility index (Phi) is 4.00. The van der Waals surface area contributed by atoms with Crippen LogP contribution in [0.25, 0.3) is 10.9 Å². The van der Waals surface area contributed by atoms with Crippen LogP contribution in [0.2, 0.25) is 0 Å². The summed E-state index contributed by atoms with van der Waals surface area (Å²) in [6.45, 7) is 0. The van der Waals surface area contributed by atoms with E-state index in [1.165, 1.54) is 38.5 Å². The Hall–Kier alpha value is -1.84. The number of aromatic nitrogens is 2. The summed E-state index contributed by atoms with van der Waals surface area (Å²) < 4.78 is 0. The summed E-state index contributed by atoms with van der Waals surface area (Å²) in [5.74, 6) is 1.29. The molecule has 4 nitrogen and oxygen atoms in total. The van der Waals surface area contributed by atoms with Gasteiger partial charge in [0.05, 0.1) is 5.52 Å². The highest BCUT2D eigenvalue weighted by atomic mass is 16.1. The molecule has 1 heterocycles. The van der Waals surface area contributed by atoms with E-state index in [0.29, 0.717) is 18.2 Å². The van der Waals surface area contributed by atoms with Gasteiger partial charge in [-0.05, 0) is 30.9 Å². The van der Waals surface area contributed by atoms with Gasteiger partial charge in [-0.1, -0.05) is 37.8 Å². The van der Waals surface area contributed by atoms with Crippen LogP contribution in [0.4, 0.5) is 5.82 Å². The Labute approximate surface area is 119 Å². The van der Waals surface area contributed by atoms with Gasteiger partial charge < -0.3 is 5.32 Å². The number of rotatable bonds is 3. The second-order valence-corrected chi connectivity index (χ2v) is 5.73. The van der Waals surface area contributed by atoms with Crippen molar-refractivity contribution in [2.24, 2.45) is 5.92 Å². The van der Waals surface area contributed by atoms with Crippen LogP contribution in [0.15, 0.2) is 24.3 Å². The zero-order chi connectivity index (χ0) is 13.8. The van der Waals surface area contributed by atoms with Crippen molar-refractivity contribution in [3.05, 3.63) is 24.3 Å². The van der Waals surface area contributed by atoms with Crippen LogP contribution in [0, 0.1) is 5.92 Å². The number of hydrogen-bond acceptors (Lipinski definition) is 2. The maximum atomic E-state index is 12.2. The lowest BCUT2D eigenvalue weighted by molar-refractivity contribution is -0.117. The van der Waals surface area contributed by atoms with Gasteiger partial charge in [0.15, 0.2) is 5.82 Å². The van der Waals surface area contributed by atoms with Crippen molar-refractivity contribution >= 4 is 22.6 Å². The van der Waals surface area contributed by atoms with Crippen LogP contribution in [0.1, 0.15) is 44.9 Å². The van der Waals surface area contributed by atoms with E-state index in [2.05, 4.69) is 15.5 Å². The Morgan fingerprint density at radius 1 is 1.20 bits per heavy atom. The lowest BCUT2D eigenvalue weighted by Gasteiger charge is -2.12. The lowest BCUT2D eigenvalue weighted by atomic mass is 9.96. The molecule has 0 aliphatic heterocycles. The first-order valence-corrected chi connectivity index (χ1v) is 7.56. The molecule has 1 aliphatic carbocycles. The highest BCUT2D eigenvalue weighted by Gasteiger charge is 2.17. The number of H-pyrrole nitrogens is 1. The third kappa shape index (κ3) is 3.00. The number of para-hydroxylation sites is 1. The highest BCUT2D eigenvalue weighted by Crippen LogP contribution is 2.26. The normalized spacial score (nSPS) is 17.0. The second-order valence-electron chi connectivity index (χ2n) is 5.73. The number of hydrogen-bond donors (Lipinski definition) is 2. The molecule has 0 atom stereocenters. The molecule has 1 aliphatic rings. The van der Waals surface area contributed by atoms with Crippen LogP contribution in [0.5, 0.6) is 0 Å². The quantitative estimate of drug-likeness (QED) is 0.833. The zero-order valence-corrected chi connectivity index (χ0v) is 11.7. The van der Waals surface area contributed by atoms with Gasteiger partial charge in [-0.3, -0.25) is 9.89 Å². The number of fused-ring (bicyclic) bond motifs is 1. The summed E-state index contributed by atoms with van der Waals surface area (Å²) in [7, 11) is 0. The number of anilines is 1. The fourth-order valence-corrected chi connectivity index (χ4v) is 3.07. The third-order valence-corrected chi connectivity index (χ3v) is 4.18. The highest BCUT2D eigenvalue weighted by molar-refractivity contribution is 5.99. The van der Waals surface area contributed by atoms with E-state index in [-0.39, 0.29) is 5.91 Å². The van der Waals surface area contributed by atoms with Gasteiger partial charge in [0.25, 0.3) is 0 Å². The molecule has 1 aromatic carbocycles. The molecule has 2 aromatic rings. The number of benzene rings is 1. The van der Waals surface area contributed by atoms with Gasteiger partial charge in [0.2, 0.25) is 5.91 Å². The van der Waals surface area contributed by atoms with E-state index < -0.39 is 0 Å². The van der Waals surface area contributed by atoms with E-state index in [1.54, 1.807) is 0 Å². The van der Waals surface area contributed by atoms with Gasteiger partial charge in [-0.25, -0.2) is 0 Å². The Morgan fingerprint density at radius 2 is 1.95 bits per heavy atom. The predicted molar refractivity (Wildman–Crippen MR) is 80.5 cm³/mol. The largest absolute Gasteiger partial charge is 0.309 e. The molecule has 0 unspecified atom stereocenters. The number of aromatic amines is 1. The number of amides is 1. The van der Waals surface area contributed by atoms with Crippen molar-refractivity contribution in [3.8, 4) is 0 Å². The average molecular weight is 271 g/mol. The molecule has 1 fully saturated rings. The third-order valence-electron chi connectivity index (χ3n) is 4.18. The van der Waals surface area contributed by atoms with E-state index in [4.69, 9.17) is 0 Å². The molecule has 1 aromatic heterocycles. The van der Waals surface area contributed by atoms with Crippen molar-refractivity contribution in [2.45, 2.75) is 44.9 Å². The lowest BCUT2D eigenvalue weighted by Crippen LogP contribution is -2.16. The molecule has 0 spiro atoms. The second kappa shape index (κ2) is 6.07. The first-order valence-electron chi connectivity index (χ1n) is 7.56. The monoisotopic (exact) mass is 271 g/mol. The smallest absolute Gasteiger partial charge is 0.225 e. The molecule has 1 amide bonds. The minimum Gasteiger partial charge on any atom is -0.309 e. The SMILES string of the molecule is O=C(CC1CCCCCC1)Nc1n[nH]c2ccccc12. The molecule has 0 saturated heterocycles. The Bertz CT molecular complexity index is 582. The summed E-state index contributed by atoms with van der Waals surface area (Å²) >= 11 is 0. The van der Waals surface area contributed by atoms with Crippen molar-refractivity contribution in [1.82, 2.24) is 10.2 Å². The average Bonchev–Trinajstić information content (AvgIpc) is 2.68. The first kappa shape index (κ1) is 13.2. The molecule has 0 bridgehead atoms. The molecule has 20 heavy (non-hydrogen) atoms. The molecule has 106 valence electrons. The van der Waals surface area contributed by atoms with E-state index in [9.17, 15) is 4.79 Å². The van der Waals surface area contributed by atoms with Gasteiger partial charge in [0, 0.05) is 11.8 Å². The van der Waals surface area contributed by atoms with Crippen LogP contribution < -0.4 is 5.32 Å². The van der Waals surface area contributed by atoms with E-state index in [1.807, 2.05) is 24.3 Å². The van der Waals surface area contributed by atoms with Crippen LogP contribution >= 0.6 is 0 Å². The molecular formula is C16H21N3O. The van der Waals surface area contributed by atoms with Crippen molar-refractivity contribution < 1.29 is 4.79 Å². The number of nitrogens with one attached hydrogen (secondary N) is 2. The molecule has 1 saturated carbocycles. The van der Waals surface area contributed by atoms with Crippen molar-refractivity contribution in [3.63, 3.8) is 0 Å². The van der Waals surface area contributed by atoms with Crippen LogP contribution in [0.3, 0.4) is 0 Å². The fourth-order valence-electron chi connectivity index (χ4n) is 3.07. The van der Waals surface area contributed by atoms with Crippen LogP contribution in [-0.2, 0) is 4.79 Å². The van der Waals surface area contributed by atoms with Crippen molar-refractivity contribution in [2.75, 3.05) is 5.32 Å². The summed E-state index contributed by atoms with van der Waals surface area (Å²) in [5, 5.41) is 11.1. The minimum atomic E-state index is 0.0918. The maximum absolute atomic E-state index is 12.2. The molecule has 0 radical (unpaired) electrons. The first-order chi connectivity index (χ1) is 9.83. The molecule has 2 N–H and O–H groups in total. The van der Waals surface area contributed by atoms with Crippen molar-refractivity contribution in [1.29, 1.82) is 0 Å². The van der Waals surface area contributed by atoms with Gasteiger partial charge in [-0.15, -0.1) is 0 Å². The molecule has 4 heteroatoms. The topological polar surface area (TPSA) is 57.8 Å². The van der Waals surface area contributed by atoms with Gasteiger partial charge in [0.1, 0.15) is 0 Å².